The molecule has 0 saturated heterocycles. The van der Waals surface area contributed by atoms with Gasteiger partial charge in [0.15, 0.2) is 0 Å². The molecule has 1 aliphatic carbocycles. The number of hydrogen-bond acceptors (Lipinski definition) is 2. The molecule has 1 aromatic rings. The highest BCUT2D eigenvalue weighted by atomic mass is 35.5. The van der Waals surface area contributed by atoms with Crippen LogP contribution >= 0.6 is 11.6 Å². The van der Waals surface area contributed by atoms with E-state index in [0.29, 0.717) is 0 Å². The summed E-state index contributed by atoms with van der Waals surface area (Å²) in [4.78, 5) is 3.99. The van der Waals surface area contributed by atoms with Gasteiger partial charge < -0.3 is 5.32 Å². The Balaban J connectivity index is 1.78. The molecule has 1 fully saturated rings. The Bertz CT molecular complexity index is 346. The highest BCUT2D eigenvalue weighted by Crippen LogP contribution is 2.31. The minimum absolute atomic E-state index is 0.717. The van der Waals surface area contributed by atoms with Crippen molar-refractivity contribution in [3.8, 4) is 0 Å². The molecule has 2 rings (SSSR count). The van der Waals surface area contributed by atoms with Gasteiger partial charge in [0.1, 0.15) is 0 Å². The van der Waals surface area contributed by atoms with Crippen molar-refractivity contribution in [2.45, 2.75) is 39.0 Å². The smallest absolute Gasteiger partial charge is 0.0820 e. The van der Waals surface area contributed by atoms with E-state index in [1.165, 1.54) is 32.1 Å². The summed E-state index contributed by atoms with van der Waals surface area (Å²) in [6.07, 6.45) is 10.3. The second kappa shape index (κ2) is 6.25. The van der Waals surface area contributed by atoms with Gasteiger partial charge in [-0.1, -0.05) is 37.8 Å². The van der Waals surface area contributed by atoms with E-state index in [9.17, 15) is 0 Å². The lowest BCUT2D eigenvalue weighted by molar-refractivity contribution is 0.278. The summed E-state index contributed by atoms with van der Waals surface area (Å²) >= 11 is 6.06. The summed E-state index contributed by atoms with van der Waals surface area (Å²) in [5.74, 6) is 1.78. The fraction of sp³-hybridized carbons (Fsp3) is 0.643. The number of rotatable bonds is 4. The second-order valence-electron chi connectivity index (χ2n) is 5.03. The van der Waals surface area contributed by atoms with Gasteiger partial charge >= 0.3 is 0 Å². The molecule has 1 N–H and O–H groups in total. The molecule has 0 spiro atoms. The molecule has 17 heavy (non-hydrogen) atoms. The number of pyridine rings is 1. The number of anilines is 1. The van der Waals surface area contributed by atoms with Crippen molar-refractivity contribution in [1.29, 1.82) is 0 Å². The standard InChI is InChI=1S/C14H21ClN2/c1-2-11-3-5-12(6-4-11)9-17-14-7-8-16-10-13(14)15/h7-8,10-12H,2-6,9H2,1H3,(H,16,17). The van der Waals surface area contributed by atoms with Gasteiger partial charge in [0.2, 0.25) is 0 Å². The molecule has 0 aromatic carbocycles. The molecular formula is C14H21ClN2. The summed E-state index contributed by atoms with van der Waals surface area (Å²) in [6.45, 7) is 3.35. The molecule has 3 heteroatoms. The summed E-state index contributed by atoms with van der Waals surface area (Å²) in [5, 5.41) is 4.16. The van der Waals surface area contributed by atoms with Gasteiger partial charge in [-0.05, 0) is 30.7 Å². The fourth-order valence-corrected chi connectivity index (χ4v) is 2.80. The van der Waals surface area contributed by atoms with Crippen molar-refractivity contribution >= 4 is 17.3 Å². The minimum atomic E-state index is 0.717. The SMILES string of the molecule is CCC1CCC(CNc2ccncc2Cl)CC1. The van der Waals surface area contributed by atoms with Crippen LogP contribution in [0.25, 0.3) is 0 Å². The highest BCUT2D eigenvalue weighted by Gasteiger charge is 2.19. The Morgan fingerprint density at radius 3 is 2.65 bits per heavy atom. The van der Waals surface area contributed by atoms with E-state index in [2.05, 4.69) is 17.2 Å². The minimum Gasteiger partial charge on any atom is -0.383 e. The predicted octanol–water partition coefficient (Wildman–Crippen LogP) is 4.36. The van der Waals surface area contributed by atoms with Crippen LogP contribution in [0.3, 0.4) is 0 Å². The van der Waals surface area contributed by atoms with E-state index in [1.807, 2.05) is 6.07 Å². The third-order valence-corrected chi connectivity index (χ3v) is 4.20. The molecule has 1 saturated carbocycles. The third-order valence-electron chi connectivity index (χ3n) is 3.90. The monoisotopic (exact) mass is 252 g/mol. The largest absolute Gasteiger partial charge is 0.383 e. The maximum absolute atomic E-state index is 6.06. The topological polar surface area (TPSA) is 24.9 Å². The molecule has 0 aliphatic heterocycles. The normalized spacial score (nSPS) is 24.6. The number of aromatic nitrogens is 1. The van der Waals surface area contributed by atoms with Crippen LogP contribution in [-0.2, 0) is 0 Å². The molecule has 1 aromatic heterocycles. The number of nitrogens with zero attached hydrogens (tertiary/aromatic N) is 1. The van der Waals surface area contributed by atoms with Gasteiger partial charge in [-0.25, -0.2) is 0 Å². The van der Waals surface area contributed by atoms with Gasteiger partial charge in [0.25, 0.3) is 0 Å². The Kier molecular flexibility index (Phi) is 4.66. The molecule has 0 atom stereocenters. The van der Waals surface area contributed by atoms with E-state index in [-0.39, 0.29) is 0 Å². The maximum Gasteiger partial charge on any atom is 0.0820 e. The predicted molar refractivity (Wildman–Crippen MR) is 73.5 cm³/mol. The number of nitrogens with one attached hydrogen (secondary N) is 1. The quantitative estimate of drug-likeness (QED) is 0.861. The lowest BCUT2D eigenvalue weighted by Gasteiger charge is -2.28. The van der Waals surface area contributed by atoms with Gasteiger partial charge in [-0.3, -0.25) is 4.98 Å². The molecule has 1 heterocycles. The van der Waals surface area contributed by atoms with Crippen LogP contribution in [0.15, 0.2) is 18.5 Å². The summed E-state index contributed by atoms with van der Waals surface area (Å²) in [7, 11) is 0. The fourth-order valence-electron chi connectivity index (χ4n) is 2.62. The Morgan fingerprint density at radius 2 is 2.00 bits per heavy atom. The van der Waals surface area contributed by atoms with Crippen molar-refractivity contribution in [3.05, 3.63) is 23.5 Å². The van der Waals surface area contributed by atoms with Gasteiger partial charge in [0, 0.05) is 18.9 Å². The zero-order chi connectivity index (χ0) is 12.1. The van der Waals surface area contributed by atoms with E-state index in [1.54, 1.807) is 12.4 Å². The van der Waals surface area contributed by atoms with Crippen molar-refractivity contribution in [2.24, 2.45) is 11.8 Å². The zero-order valence-corrected chi connectivity index (χ0v) is 11.2. The average molecular weight is 253 g/mol. The number of hydrogen-bond donors (Lipinski definition) is 1. The van der Waals surface area contributed by atoms with E-state index < -0.39 is 0 Å². The van der Waals surface area contributed by atoms with E-state index in [4.69, 9.17) is 11.6 Å². The van der Waals surface area contributed by atoms with Crippen molar-refractivity contribution in [3.63, 3.8) is 0 Å². The molecule has 0 unspecified atom stereocenters. The lowest BCUT2D eigenvalue weighted by Crippen LogP contribution is -2.21. The molecule has 1 aliphatic rings. The van der Waals surface area contributed by atoms with Crippen LogP contribution in [0, 0.1) is 11.8 Å². The molecule has 2 nitrogen and oxygen atoms in total. The van der Waals surface area contributed by atoms with Crippen LogP contribution in [0.5, 0.6) is 0 Å². The van der Waals surface area contributed by atoms with E-state index >= 15 is 0 Å². The van der Waals surface area contributed by atoms with Crippen LogP contribution in [0.2, 0.25) is 5.02 Å². The van der Waals surface area contributed by atoms with Crippen LogP contribution in [-0.4, -0.2) is 11.5 Å². The van der Waals surface area contributed by atoms with Crippen molar-refractivity contribution in [1.82, 2.24) is 4.98 Å². The molecule has 0 bridgehead atoms. The van der Waals surface area contributed by atoms with Gasteiger partial charge in [0.05, 0.1) is 10.7 Å². The summed E-state index contributed by atoms with van der Waals surface area (Å²) < 4.78 is 0. The van der Waals surface area contributed by atoms with Crippen molar-refractivity contribution < 1.29 is 0 Å². The van der Waals surface area contributed by atoms with Gasteiger partial charge in [-0.2, -0.15) is 0 Å². The Labute approximate surface area is 109 Å². The number of halogens is 1. The summed E-state index contributed by atoms with van der Waals surface area (Å²) in [5.41, 5.74) is 1.01. The molecule has 94 valence electrons. The maximum atomic E-state index is 6.06. The zero-order valence-electron chi connectivity index (χ0n) is 10.5. The van der Waals surface area contributed by atoms with Gasteiger partial charge in [-0.15, -0.1) is 0 Å². The Hall–Kier alpha value is -0.760. The first-order valence-electron chi connectivity index (χ1n) is 6.63. The van der Waals surface area contributed by atoms with Crippen LogP contribution < -0.4 is 5.32 Å². The first kappa shape index (κ1) is 12.7. The second-order valence-corrected chi connectivity index (χ2v) is 5.44. The molecular weight excluding hydrogens is 232 g/mol. The average Bonchev–Trinajstić information content (AvgIpc) is 2.38. The van der Waals surface area contributed by atoms with Crippen molar-refractivity contribution in [2.75, 3.05) is 11.9 Å². The van der Waals surface area contributed by atoms with E-state index in [0.717, 1.165) is 29.1 Å². The Morgan fingerprint density at radius 1 is 1.29 bits per heavy atom. The lowest BCUT2D eigenvalue weighted by atomic mass is 9.81. The highest BCUT2D eigenvalue weighted by molar-refractivity contribution is 6.33. The molecule has 0 amide bonds. The first-order valence-corrected chi connectivity index (χ1v) is 7.00. The first-order chi connectivity index (χ1) is 8.29. The summed E-state index contributed by atoms with van der Waals surface area (Å²) in [6, 6.07) is 1.94. The molecule has 0 radical (unpaired) electrons. The van der Waals surface area contributed by atoms with Crippen LogP contribution in [0.1, 0.15) is 39.0 Å². The third kappa shape index (κ3) is 3.60. The van der Waals surface area contributed by atoms with Crippen LogP contribution in [0.4, 0.5) is 5.69 Å².